The lowest BCUT2D eigenvalue weighted by Crippen LogP contribution is -2.52. The van der Waals surface area contributed by atoms with Gasteiger partial charge in [-0.05, 0) is 60.8 Å². The van der Waals surface area contributed by atoms with Crippen molar-refractivity contribution in [2.75, 3.05) is 13.2 Å². The molecule has 0 aromatic heterocycles. The van der Waals surface area contributed by atoms with Crippen LogP contribution in [0.5, 0.6) is 0 Å². The highest BCUT2D eigenvalue weighted by atomic mass is 16.5. The molecule has 2 aromatic rings. The van der Waals surface area contributed by atoms with Gasteiger partial charge in [-0.1, -0.05) is 48.5 Å². The number of ether oxygens (including phenoxy) is 1. The fourth-order valence-corrected chi connectivity index (χ4v) is 5.77. The first-order chi connectivity index (χ1) is 16.4. The number of fused-ring (bicyclic) bond motifs is 3. The molecule has 2 aliphatic carbocycles. The number of rotatable bonds is 6. The number of alkyl carbamates (subject to hydrolysis) is 1. The SMILES string of the molecule is C[C@@]1(C(=O)O)CCCN1C(=O)CC1CC(NC(=O)OCC2c3ccccc3-c3ccccc32)C1. The second-order valence-electron chi connectivity index (χ2n) is 9.94. The zero-order chi connectivity index (χ0) is 23.9. The molecular formula is C27H30N2O5. The van der Waals surface area contributed by atoms with Gasteiger partial charge >= 0.3 is 12.1 Å². The summed E-state index contributed by atoms with van der Waals surface area (Å²) in [5.41, 5.74) is 3.63. The Balaban J connectivity index is 1.10. The second kappa shape index (κ2) is 8.78. The standard InChI is InChI=1S/C27H30N2O5/c1-27(25(31)32)11-6-12-29(27)24(30)15-17-13-18(14-17)28-26(33)34-16-23-21-9-4-2-7-19(21)20-8-3-5-10-22(20)23/h2-5,7-10,17-18,23H,6,11-16H2,1H3,(H,28,33)(H,31,32)/t17?,18?,27-/m0/s1. The average molecular weight is 463 g/mol. The Hall–Kier alpha value is -3.35. The Labute approximate surface area is 199 Å². The predicted octanol–water partition coefficient (Wildman–Crippen LogP) is 4.16. The van der Waals surface area contributed by atoms with Gasteiger partial charge in [0.2, 0.25) is 5.91 Å². The van der Waals surface area contributed by atoms with Crippen LogP contribution in [0.25, 0.3) is 11.1 Å². The molecule has 1 saturated heterocycles. The third kappa shape index (κ3) is 3.93. The summed E-state index contributed by atoms with van der Waals surface area (Å²) in [4.78, 5) is 38.3. The average Bonchev–Trinajstić information content (AvgIpc) is 3.35. The number of nitrogens with zero attached hydrogens (tertiary/aromatic N) is 1. The number of carbonyl (C=O) groups excluding carboxylic acids is 2. The summed E-state index contributed by atoms with van der Waals surface area (Å²) in [6.07, 6.45) is 2.50. The van der Waals surface area contributed by atoms with E-state index in [1.54, 1.807) is 6.92 Å². The van der Waals surface area contributed by atoms with E-state index in [9.17, 15) is 19.5 Å². The smallest absolute Gasteiger partial charge is 0.407 e. The van der Waals surface area contributed by atoms with Gasteiger partial charge in [0.1, 0.15) is 12.1 Å². The topological polar surface area (TPSA) is 95.9 Å². The molecule has 178 valence electrons. The molecule has 3 aliphatic rings. The molecule has 1 aliphatic heterocycles. The van der Waals surface area contributed by atoms with Crippen molar-refractivity contribution in [1.82, 2.24) is 10.2 Å². The Morgan fingerprint density at radius 1 is 1.06 bits per heavy atom. The third-order valence-corrected chi connectivity index (χ3v) is 7.77. The maximum Gasteiger partial charge on any atom is 0.407 e. The van der Waals surface area contributed by atoms with Gasteiger partial charge < -0.3 is 20.1 Å². The first-order valence-electron chi connectivity index (χ1n) is 12.0. The van der Waals surface area contributed by atoms with Crippen LogP contribution >= 0.6 is 0 Å². The van der Waals surface area contributed by atoms with Gasteiger partial charge in [-0.15, -0.1) is 0 Å². The minimum atomic E-state index is -1.10. The van der Waals surface area contributed by atoms with Crippen LogP contribution in [0, 0.1) is 5.92 Å². The van der Waals surface area contributed by atoms with E-state index >= 15 is 0 Å². The lowest BCUT2D eigenvalue weighted by atomic mass is 9.78. The van der Waals surface area contributed by atoms with Crippen LogP contribution in [-0.4, -0.2) is 52.7 Å². The van der Waals surface area contributed by atoms with Crippen molar-refractivity contribution in [3.8, 4) is 11.1 Å². The molecular weight excluding hydrogens is 432 g/mol. The number of carbonyl (C=O) groups is 3. The largest absolute Gasteiger partial charge is 0.480 e. The molecule has 2 N–H and O–H groups in total. The molecule has 0 radical (unpaired) electrons. The van der Waals surface area contributed by atoms with Crippen LogP contribution in [0.15, 0.2) is 48.5 Å². The summed E-state index contributed by atoms with van der Waals surface area (Å²) in [5, 5.41) is 12.4. The predicted molar refractivity (Wildman–Crippen MR) is 126 cm³/mol. The van der Waals surface area contributed by atoms with Crippen molar-refractivity contribution in [2.24, 2.45) is 5.92 Å². The monoisotopic (exact) mass is 462 g/mol. The van der Waals surface area contributed by atoms with Crippen molar-refractivity contribution in [2.45, 2.75) is 56.5 Å². The van der Waals surface area contributed by atoms with Crippen LogP contribution in [0.4, 0.5) is 4.79 Å². The molecule has 1 heterocycles. The maximum atomic E-state index is 12.7. The lowest BCUT2D eigenvalue weighted by Gasteiger charge is -2.38. The summed E-state index contributed by atoms with van der Waals surface area (Å²) in [6, 6.07) is 16.4. The molecule has 0 spiro atoms. The van der Waals surface area contributed by atoms with Crippen molar-refractivity contribution in [1.29, 1.82) is 0 Å². The molecule has 2 amide bonds. The summed E-state index contributed by atoms with van der Waals surface area (Å²) in [5.74, 6) is -0.868. The number of carboxylic acid groups (broad SMARTS) is 1. The van der Waals surface area contributed by atoms with Crippen LogP contribution in [-0.2, 0) is 14.3 Å². The highest BCUT2D eigenvalue weighted by Crippen LogP contribution is 2.44. The Bertz CT molecular complexity index is 1080. The second-order valence-corrected chi connectivity index (χ2v) is 9.94. The highest BCUT2D eigenvalue weighted by Gasteiger charge is 2.46. The number of likely N-dealkylation sites (tertiary alicyclic amines) is 1. The summed E-state index contributed by atoms with van der Waals surface area (Å²) in [6.45, 7) is 2.40. The minimum absolute atomic E-state index is 0.0158. The number of amides is 2. The Kier molecular flexibility index (Phi) is 5.80. The number of benzene rings is 2. The maximum absolute atomic E-state index is 12.7. The van der Waals surface area contributed by atoms with Gasteiger partial charge in [0.25, 0.3) is 0 Å². The summed E-state index contributed by atoms with van der Waals surface area (Å²) >= 11 is 0. The van der Waals surface area contributed by atoms with Crippen molar-refractivity contribution in [3.05, 3.63) is 59.7 Å². The summed E-state index contributed by atoms with van der Waals surface area (Å²) < 4.78 is 5.61. The summed E-state index contributed by atoms with van der Waals surface area (Å²) in [7, 11) is 0. The van der Waals surface area contributed by atoms with Crippen molar-refractivity contribution < 1.29 is 24.2 Å². The van der Waals surface area contributed by atoms with Crippen LogP contribution < -0.4 is 5.32 Å². The first-order valence-corrected chi connectivity index (χ1v) is 12.0. The zero-order valence-electron chi connectivity index (χ0n) is 19.3. The van der Waals surface area contributed by atoms with Crippen molar-refractivity contribution >= 4 is 18.0 Å². The minimum Gasteiger partial charge on any atom is -0.480 e. The molecule has 0 unspecified atom stereocenters. The number of hydrogen-bond donors (Lipinski definition) is 2. The van der Waals surface area contributed by atoms with E-state index in [-0.39, 0.29) is 30.4 Å². The molecule has 2 aromatic carbocycles. The molecule has 2 fully saturated rings. The fourth-order valence-electron chi connectivity index (χ4n) is 5.77. The number of aliphatic carboxylic acids is 1. The highest BCUT2D eigenvalue weighted by molar-refractivity contribution is 5.87. The van der Waals surface area contributed by atoms with Gasteiger partial charge in [-0.2, -0.15) is 0 Å². The molecule has 7 nitrogen and oxygen atoms in total. The lowest BCUT2D eigenvalue weighted by molar-refractivity contribution is -0.156. The van der Waals surface area contributed by atoms with E-state index in [1.807, 2.05) is 24.3 Å². The quantitative estimate of drug-likeness (QED) is 0.672. The van der Waals surface area contributed by atoms with E-state index < -0.39 is 17.6 Å². The molecule has 0 bridgehead atoms. The van der Waals surface area contributed by atoms with Gasteiger partial charge in [0.15, 0.2) is 0 Å². The molecule has 1 saturated carbocycles. The molecule has 1 atom stereocenters. The van der Waals surface area contributed by atoms with E-state index in [4.69, 9.17) is 4.74 Å². The van der Waals surface area contributed by atoms with Crippen molar-refractivity contribution in [3.63, 3.8) is 0 Å². The first kappa shape index (κ1) is 22.4. The fraction of sp³-hybridized carbons (Fsp3) is 0.444. The molecule has 5 rings (SSSR count). The molecule has 34 heavy (non-hydrogen) atoms. The Morgan fingerprint density at radius 3 is 2.29 bits per heavy atom. The number of carboxylic acids is 1. The zero-order valence-corrected chi connectivity index (χ0v) is 19.3. The normalized spacial score (nSPS) is 25.3. The molecule has 7 heteroatoms. The van der Waals surface area contributed by atoms with E-state index in [0.29, 0.717) is 38.6 Å². The van der Waals surface area contributed by atoms with Crippen LogP contribution in [0.2, 0.25) is 0 Å². The third-order valence-electron chi connectivity index (χ3n) is 7.77. The van der Waals surface area contributed by atoms with Gasteiger partial charge in [0, 0.05) is 24.9 Å². The number of hydrogen-bond acceptors (Lipinski definition) is 4. The number of nitrogens with one attached hydrogen (secondary N) is 1. The van der Waals surface area contributed by atoms with E-state index in [0.717, 1.165) is 0 Å². The Morgan fingerprint density at radius 2 is 1.68 bits per heavy atom. The van der Waals surface area contributed by atoms with Gasteiger partial charge in [0.05, 0.1) is 0 Å². The van der Waals surface area contributed by atoms with Gasteiger partial charge in [-0.25, -0.2) is 9.59 Å². The van der Waals surface area contributed by atoms with Gasteiger partial charge in [-0.3, -0.25) is 4.79 Å². The van der Waals surface area contributed by atoms with E-state index in [1.165, 1.54) is 27.2 Å². The van der Waals surface area contributed by atoms with E-state index in [2.05, 4.69) is 29.6 Å². The van der Waals surface area contributed by atoms with Crippen LogP contribution in [0.1, 0.15) is 56.1 Å². The van der Waals surface area contributed by atoms with Crippen LogP contribution in [0.3, 0.4) is 0 Å².